The highest BCUT2D eigenvalue weighted by atomic mass is 19.4. The van der Waals surface area contributed by atoms with E-state index in [4.69, 9.17) is 5.73 Å². The Morgan fingerprint density at radius 3 is 2.40 bits per heavy atom. The maximum absolute atomic E-state index is 12.6. The third-order valence-electron chi connectivity index (χ3n) is 2.53. The molecule has 0 bridgehead atoms. The molecule has 0 radical (unpaired) electrons. The van der Waals surface area contributed by atoms with Crippen LogP contribution in [0.25, 0.3) is 0 Å². The summed E-state index contributed by atoms with van der Waals surface area (Å²) in [6, 6.07) is 5.44. The van der Waals surface area contributed by atoms with Crippen molar-refractivity contribution < 1.29 is 13.2 Å². The number of nitrogen functional groups attached to an aromatic ring is 1. The van der Waals surface area contributed by atoms with Crippen molar-refractivity contribution in [2.75, 3.05) is 11.1 Å². The van der Waals surface area contributed by atoms with E-state index in [-0.39, 0.29) is 5.95 Å². The second-order valence-corrected chi connectivity index (χ2v) is 4.28. The van der Waals surface area contributed by atoms with Crippen LogP contribution in [-0.2, 0) is 6.18 Å². The van der Waals surface area contributed by atoms with Crippen LogP contribution in [0.5, 0.6) is 0 Å². The van der Waals surface area contributed by atoms with E-state index in [1.54, 1.807) is 6.07 Å². The number of halogens is 3. The van der Waals surface area contributed by atoms with Gasteiger partial charge in [0.25, 0.3) is 0 Å². The summed E-state index contributed by atoms with van der Waals surface area (Å²) in [5.74, 6) is -2.05. The van der Waals surface area contributed by atoms with Crippen LogP contribution in [0.15, 0.2) is 18.2 Å². The minimum Gasteiger partial charge on any atom is -0.368 e. The van der Waals surface area contributed by atoms with Crippen molar-refractivity contribution in [3.8, 4) is 0 Å². The Morgan fingerprint density at radius 1 is 1.10 bits per heavy atom. The maximum atomic E-state index is 12.6. The molecule has 0 fully saturated rings. The summed E-state index contributed by atoms with van der Waals surface area (Å²) in [5, 5.41) is 2.71. The van der Waals surface area contributed by atoms with E-state index in [0.29, 0.717) is 5.69 Å². The first-order valence-corrected chi connectivity index (χ1v) is 5.69. The standard InChI is InChI=1S/C12H12F3N5/c1-6-3-4-8(7(2)5-6)17-11-19-9(12(13,14)15)18-10(16)20-11/h3-5H,1-2H3,(H3,16,17,18,19,20). The van der Waals surface area contributed by atoms with E-state index in [1.165, 1.54) is 0 Å². The molecule has 20 heavy (non-hydrogen) atoms. The Hall–Kier alpha value is -2.38. The molecule has 0 unspecified atom stereocenters. The average Bonchev–Trinajstić information content (AvgIpc) is 2.31. The van der Waals surface area contributed by atoms with Crippen LogP contribution in [0.1, 0.15) is 17.0 Å². The van der Waals surface area contributed by atoms with Gasteiger partial charge in [0.05, 0.1) is 0 Å². The van der Waals surface area contributed by atoms with Gasteiger partial charge in [0.2, 0.25) is 17.7 Å². The maximum Gasteiger partial charge on any atom is 0.451 e. The largest absolute Gasteiger partial charge is 0.451 e. The second kappa shape index (κ2) is 4.95. The van der Waals surface area contributed by atoms with Crippen LogP contribution < -0.4 is 11.1 Å². The zero-order valence-electron chi connectivity index (χ0n) is 10.8. The van der Waals surface area contributed by atoms with Gasteiger partial charge in [-0.1, -0.05) is 17.7 Å². The molecule has 0 amide bonds. The third-order valence-corrected chi connectivity index (χ3v) is 2.53. The predicted molar refractivity (Wildman–Crippen MR) is 68.4 cm³/mol. The van der Waals surface area contributed by atoms with Crippen LogP contribution in [0.3, 0.4) is 0 Å². The van der Waals surface area contributed by atoms with Crippen LogP contribution in [-0.4, -0.2) is 15.0 Å². The summed E-state index contributed by atoms with van der Waals surface area (Å²) < 4.78 is 37.7. The number of nitrogens with one attached hydrogen (secondary N) is 1. The minimum atomic E-state index is -4.67. The van der Waals surface area contributed by atoms with Gasteiger partial charge in [-0.2, -0.15) is 28.1 Å². The molecule has 0 aliphatic rings. The van der Waals surface area contributed by atoms with Gasteiger partial charge in [-0.15, -0.1) is 0 Å². The van der Waals surface area contributed by atoms with Crippen LogP contribution in [0, 0.1) is 13.8 Å². The zero-order chi connectivity index (χ0) is 14.9. The molecule has 2 rings (SSSR count). The Morgan fingerprint density at radius 2 is 1.80 bits per heavy atom. The lowest BCUT2D eigenvalue weighted by molar-refractivity contribution is -0.144. The molecule has 5 nitrogen and oxygen atoms in total. The lowest BCUT2D eigenvalue weighted by Crippen LogP contribution is -2.15. The molecule has 1 heterocycles. The summed E-state index contributed by atoms with van der Waals surface area (Å²) in [7, 11) is 0. The van der Waals surface area contributed by atoms with Gasteiger partial charge in [-0.25, -0.2) is 0 Å². The molecule has 0 aliphatic carbocycles. The molecule has 8 heteroatoms. The van der Waals surface area contributed by atoms with E-state index < -0.39 is 17.9 Å². The van der Waals surface area contributed by atoms with Gasteiger partial charge < -0.3 is 11.1 Å². The highest BCUT2D eigenvalue weighted by Gasteiger charge is 2.35. The predicted octanol–water partition coefficient (Wildman–Crippen LogP) is 2.83. The molecule has 0 saturated carbocycles. The molecule has 0 spiro atoms. The monoisotopic (exact) mass is 283 g/mol. The Labute approximate surface area is 113 Å². The van der Waals surface area contributed by atoms with Gasteiger partial charge in [0.1, 0.15) is 0 Å². The first kappa shape index (κ1) is 14.0. The number of hydrogen-bond acceptors (Lipinski definition) is 5. The fraction of sp³-hybridized carbons (Fsp3) is 0.250. The highest BCUT2D eigenvalue weighted by molar-refractivity contribution is 5.59. The summed E-state index contributed by atoms with van der Waals surface area (Å²) >= 11 is 0. The number of hydrogen-bond donors (Lipinski definition) is 2. The van der Waals surface area contributed by atoms with Gasteiger partial charge >= 0.3 is 6.18 Å². The van der Waals surface area contributed by atoms with Crippen LogP contribution in [0.4, 0.5) is 30.8 Å². The molecule has 3 N–H and O–H groups in total. The fourth-order valence-corrected chi connectivity index (χ4v) is 1.65. The topological polar surface area (TPSA) is 76.7 Å². The summed E-state index contributed by atoms with van der Waals surface area (Å²) in [4.78, 5) is 10.0. The number of nitrogens with zero attached hydrogens (tertiary/aromatic N) is 3. The normalized spacial score (nSPS) is 11.4. The second-order valence-electron chi connectivity index (χ2n) is 4.28. The SMILES string of the molecule is Cc1ccc(Nc2nc(N)nc(C(F)(F)F)n2)c(C)c1. The summed E-state index contributed by atoms with van der Waals surface area (Å²) in [5.41, 5.74) is 7.78. The molecular formula is C12H12F3N5. The number of rotatable bonds is 2. The number of anilines is 3. The van der Waals surface area contributed by atoms with Crippen molar-refractivity contribution in [3.05, 3.63) is 35.2 Å². The number of aromatic nitrogens is 3. The van der Waals surface area contributed by atoms with Gasteiger partial charge in [-0.05, 0) is 25.5 Å². The smallest absolute Gasteiger partial charge is 0.368 e. The van der Waals surface area contributed by atoms with Gasteiger partial charge in [0.15, 0.2) is 0 Å². The third kappa shape index (κ3) is 3.14. The lowest BCUT2D eigenvalue weighted by atomic mass is 10.1. The van der Waals surface area contributed by atoms with Crippen molar-refractivity contribution in [1.29, 1.82) is 0 Å². The van der Waals surface area contributed by atoms with E-state index in [1.807, 2.05) is 26.0 Å². The van der Waals surface area contributed by atoms with Crippen LogP contribution >= 0.6 is 0 Å². The number of aryl methyl sites for hydroxylation is 2. The Balaban J connectivity index is 2.36. The molecule has 106 valence electrons. The first-order valence-electron chi connectivity index (χ1n) is 5.69. The van der Waals surface area contributed by atoms with Crippen molar-refractivity contribution in [3.63, 3.8) is 0 Å². The number of nitrogens with two attached hydrogens (primary N) is 1. The molecule has 0 atom stereocenters. The van der Waals surface area contributed by atoms with Crippen molar-refractivity contribution in [2.24, 2.45) is 0 Å². The average molecular weight is 283 g/mol. The molecule has 2 aromatic rings. The van der Waals surface area contributed by atoms with Crippen molar-refractivity contribution in [2.45, 2.75) is 20.0 Å². The number of alkyl halides is 3. The molecule has 1 aromatic carbocycles. The van der Waals surface area contributed by atoms with E-state index >= 15 is 0 Å². The van der Waals surface area contributed by atoms with E-state index in [2.05, 4.69) is 20.3 Å². The molecule has 0 saturated heterocycles. The van der Waals surface area contributed by atoms with Crippen LogP contribution in [0.2, 0.25) is 0 Å². The quantitative estimate of drug-likeness (QED) is 0.886. The summed E-state index contributed by atoms with van der Waals surface area (Å²) in [6.45, 7) is 3.74. The highest BCUT2D eigenvalue weighted by Crippen LogP contribution is 2.27. The molecular weight excluding hydrogens is 271 g/mol. The minimum absolute atomic E-state index is 0.239. The fourth-order valence-electron chi connectivity index (χ4n) is 1.65. The zero-order valence-corrected chi connectivity index (χ0v) is 10.8. The first-order chi connectivity index (χ1) is 9.25. The van der Waals surface area contributed by atoms with E-state index in [9.17, 15) is 13.2 Å². The molecule has 0 aliphatic heterocycles. The lowest BCUT2D eigenvalue weighted by Gasteiger charge is -2.11. The molecule has 1 aromatic heterocycles. The van der Waals surface area contributed by atoms with Gasteiger partial charge in [-0.3, -0.25) is 0 Å². The number of benzene rings is 1. The van der Waals surface area contributed by atoms with E-state index in [0.717, 1.165) is 11.1 Å². The Bertz CT molecular complexity index is 639. The van der Waals surface area contributed by atoms with Gasteiger partial charge in [0, 0.05) is 5.69 Å². The van der Waals surface area contributed by atoms with Crippen molar-refractivity contribution in [1.82, 2.24) is 15.0 Å². The van der Waals surface area contributed by atoms with Crippen molar-refractivity contribution >= 4 is 17.6 Å². The summed E-state index contributed by atoms with van der Waals surface area (Å²) in [6.07, 6.45) is -4.67. The Kier molecular flexibility index (Phi) is 3.47.